The number of methoxy groups -OCH3 is 1. The van der Waals surface area contributed by atoms with Gasteiger partial charge in [0.1, 0.15) is 5.75 Å². The highest BCUT2D eigenvalue weighted by atomic mass is 16.7. The third-order valence-corrected chi connectivity index (χ3v) is 3.13. The Morgan fingerprint density at radius 2 is 1.45 bits per heavy atom. The van der Waals surface area contributed by atoms with Crippen molar-refractivity contribution < 1.29 is 23.8 Å². The number of para-hydroxylation sites is 1. The second-order valence-electron chi connectivity index (χ2n) is 4.66. The van der Waals surface area contributed by atoms with E-state index in [9.17, 15) is 9.59 Å². The molecule has 0 saturated carbocycles. The zero-order valence-corrected chi connectivity index (χ0v) is 12.3. The topological polar surface area (TPSA) is 61.8 Å². The fourth-order valence-corrected chi connectivity index (χ4v) is 1.94. The number of esters is 1. The van der Waals surface area contributed by atoms with E-state index in [-0.39, 0.29) is 0 Å². The van der Waals surface area contributed by atoms with Gasteiger partial charge < -0.3 is 14.2 Å². The molecule has 2 rings (SSSR count). The van der Waals surface area contributed by atoms with Crippen LogP contribution in [0.15, 0.2) is 60.7 Å². The Bertz CT molecular complexity index is 639. The van der Waals surface area contributed by atoms with Gasteiger partial charge in [-0.1, -0.05) is 48.5 Å². The summed E-state index contributed by atoms with van der Waals surface area (Å²) in [5.41, 5.74) is -1.09. The summed E-state index contributed by atoms with van der Waals surface area (Å²) in [7, 11) is 1.23. The third kappa shape index (κ3) is 3.44. The minimum absolute atomic E-state index is 0.327. The van der Waals surface area contributed by atoms with Gasteiger partial charge in [0.05, 0.1) is 7.11 Å². The van der Waals surface area contributed by atoms with Gasteiger partial charge in [0.15, 0.2) is 0 Å². The van der Waals surface area contributed by atoms with Gasteiger partial charge in [-0.05, 0) is 19.1 Å². The maximum Gasteiger partial charge on any atom is 0.515 e. The maximum absolute atomic E-state index is 12.1. The molecule has 0 saturated heterocycles. The normalized spacial score (nSPS) is 12.8. The molecule has 22 heavy (non-hydrogen) atoms. The van der Waals surface area contributed by atoms with Crippen LogP contribution in [-0.4, -0.2) is 19.2 Å². The number of rotatable bonds is 4. The van der Waals surface area contributed by atoms with Crippen LogP contribution >= 0.6 is 0 Å². The lowest BCUT2D eigenvalue weighted by molar-refractivity contribution is -0.163. The molecule has 2 aromatic carbocycles. The smallest absolute Gasteiger partial charge is 0.466 e. The van der Waals surface area contributed by atoms with Gasteiger partial charge in [-0.2, -0.15) is 0 Å². The Hall–Kier alpha value is -2.82. The fraction of sp³-hybridized carbons (Fsp3) is 0.176. The van der Waals surface area contributed by atoms with Gasteiger partial charge in [-0.3, -0.25) is 0 Å². The molecule has 0 N–H and O–H groups in total. The molecule has 5 heteroatoms. The monoisotopic (exact) mass is 300 g/mol. The predicted molar refractivity (Wildman–Crippen MR) is 79.4 cm³/mol. The summed E-state index contributed by atoms with van der Waals surface area (Å²) in [5.74, 6) is -0.364. The molecule has 0 spiro atoms. The number of hydrogen-bond acceptors (Lipinski definition) is 5. The van der Waals surface area contributed by atoms with E-state index >= 15 is 0 Å². The maximum atomic E-state index is 12.1. The van der Waals surface area contributed by atoms with Gasteiger partial charge >= 0.3 is 12.1 Å². The van der Waals surface area contributed by atoms with Gasteiger partial charge in [-0.15, -0.1) is 0 Å². The van der Waals surface area contributed by atoms with E-state index in [1.807, 2.05) is 0 Å². The molecule has 5 nitrogen and oxygen atoms in total. The van der Waals surface area contributed by atoms with Crippen molar-refractivity contribution in [2.45, 2.75) is 12.5 Å². The van der Waals surface area contributed by atoms with Crippen molar-refractivity contribution in [2.75, 3.05) is 7.11 Å². The van der Waals surface area contributed by atoms with Gasteiger partial charge in [-0.25, -0.2) is 9.59 Å². The highest BCUT2D eigenvalue weighted by Gasteiger charge is 2.41. The number of hydrogen-bond donors (Lipinski definition) is 0. The highest BCUT2D eigenvalue weighted by molar-refractivity contribution is 5.83. The van der Waals surface area contributed by atoms with E-state index in [4.69, 9.17) is 14.2 Å². The highest BCUT2D eigenvalue weighted by Crippen LogP contribution is 2.27. The van der Waals surface area contributed by atoms with Gasteiger partial charge in [0, 0.05) is 5.56 Å². The zero-order valence-electron chi connectivity index (χ0n) is 12.3. The second-order valence-corrected chi connectivity index (χ2v) is 4.66. The van der Waals surface area contributed by atoms with Crippen LogP contribution in [0.5, 0.6) is 5.75 Å². The fourth-order valence-electron chi connectivity index (χ4n) is 1.94. The van der Waals surface area contributed by atoms with Crippen molar-refractivity contribution in [2.24, 2.45) is 0 Å². The summed E-state index contributed by atoms with van der Waals surface area (Å²) >= 11 is 0. The standard InChI is InChI=1S/C17H16O5/c1-17(15(18)20-2,13-9-5-3-6-10-13)22-16(19)21-14-11-7-4-8-12-14/h3-12H,1-2H3. The molecule has 2 aromatic rings. The molecule has 0 aromatic heterocycles. The van der Waals surface area contributed by atoms with Crippen molar-refractivity contribution >= 4 is 12.1 Å². The lowest BCUT2D eigenvalue weighted by atomic mass is 9.96. The Morgan fingerprint density at radius 1 is 0.909 bits per heavy atom. The van der Waals surface area contributed by atoms with Gasteiger partial charge in [0.25, 0.3) is 0 Å². The van der Waals surface area contributed by atoms with E-state index in [1.54, 1.807) is 60.7 Å². The number of ether oxygens (including phenoxy) is 3. The molecule has 0 aliphatic rings. The van der Waals surface area contributed by atoms with Crippen LogP contribution in [0.3, 0.4) is 0 Å². The van der Waals surface area contributed by atoms with Crippen molar-refractivity contribution in [1.82, 2.24) is 0 Å². The molecule has 0 aliphatic heterocycles. The van der Waals surface area contributed by atoms with Crippen LogP contribution in [0.1, 0.15) is 12.5 Å². The van der Waals surface area contributed by atoms with E-state index < -0.39 is 17.7 Å². The number of benzene rings is 2. The molecular formula is C17H16O5. The van der Waals surface area contributed by atoms with E-state index in [0.717, 1.165) is 0 Å². The molecule has 0 heterocycles. The Kier molecular flexibility index (Phi) is 4.78. The van der Waals surface area contributed by atoms with Crippen LogP contribution in [0.2, 0.25) is 0 Å². The largest absolute Gasteiger partial charge is 0.515 e. The second kappa shape index (κ2) is 6.76. The van der Waals surface area contributed by atoms with Crippen LogP contribution in [0.25, 0.3) is 0 Å². The first-order chi connectivity index (χ1) is 10.6. The molecule has 0 fully saturated rings. The minimum Gasteiger partial charge on any atom is -0.466 e. The molecule has 114 valence electrons. The van der Waals surface area contributed by atoms with Crippen molar-refractivity contribution in [1.29, 1.82) is 0 Å². The van der Waals surface area contributed by atoms with Crippen LogP contribution < -0.4 is 4.74 Å². The first-order valence-electron chi connectivity index (χ1n) is 6.66. The SMILES string of the molecule is COC(=O)C(C)(OC(=O)Oc1ccccc1)c1ccccc1. The van der Waals surface area contributed by atoms with Gasteiger partial charge in [0.2, 0.25) is 5.60 Å². The Labute approximate surface area is 128 Å². The lowest BCUT2D eigenvalue weighted by Gasteiger charge is -2.26. The quantitative estimate of drug-likeness (QED) is 0.640. The molecule has 0 amide bonds. The molecule has 0 radical (unpaired) electrons. The van der Waals surface area contributed by atoms with Crippen LogP contribution in [0, 0.1) is 0 Å². The third-order valence-electron chi connectivity index (χ3n) is 3.13. The summed E-state index contributed by atoms with van der Waals surface area (Å²) in [5, 5.41) is 0. The van der Waals surface area contributed by atoms with E-state index in [2.05, 4.69) is 0 Å². The summed E-state index contributed by atoms with van der Waals surface area (Å²) < 4.78 is 15.1. The summed E-state index contributed by atoms with van der Waals surface area (Å²) in [6.07, 6.45) is -0.983. The summed E-state index contributed by atoms with van der Waals surface area (Å²) in [6.45, 7) is 1.46. The molecule has 1 unspecified atom stereocenters. The Balaban J connectivity index is 2.20. The average molecular weight is 300 g/mol. The van der Waals surface area contributed by atoms with Crippen LogP contribution in [0.4, 0.5) is 4.79 Å². The van der Waals surface area contributed by atoms with E-state index in [0.29, 0.717) is 11.3 Å². The predicted octanol–water partition coefficient (Wildman–Crippen LogP) is 3.29. The van der Waals surface area contributed by atoms with E-state index in [1.165, 1.54) is 14.0 Å². The van der Waals surface area contributed by atoms with Crippen molar-refractivity contribution in [3.8, 4) is 5.75 Å². The van der Waals surface area contributed by atoms with Crippen molar-refractivity contribution in [3.63, 3.8) is 0 Å². The minimum atomic E-state index is -1.58. The first-order valence-corrected chi connectivity index (χ1v) is 6.66. The molecular weight excluding hydrogens is 284 g/mol. The average Bonchev–Trinajstić information content (AvgIpc) is 2.55. The number of carbonyl (C=O) groups excluding carboxylic acids is 2. The Morgan fingerprint density at radius 3 is 2.00 bits per heavy atom. The first kappa shape index (κ1) is 15.6. The van der Waals surface area contributed by atoms with Crippen molar-refractivity contribution in [3.05, 3.63) is 66.2 Å². The zero-order chi connectivity index (χ0) is 16.0. The molecule has 1 atom stereocenters. The molecule has 0 aliphatic carbocycles. The van der Waals surface area contributed by atoms with Crippen LogP contribution in [-0.2, 0) is 19.9 Å². The summed E-state index contributed by atoms with van der Waals surface area (Å²) in [6, 6.07) is 17.1. The molecule has 0 bridgehead atoms. The number of carbonyl (C=O) groups is 2. The summed E-state index contributed by atoms with van der Waals surface area (Å²) in [4.78, 5) is 24.0. The lowest BCUT2D eigenvalue weighted by Crippen LogP contribution is -2.39.